The molecule has 1 aromatic heterocycles. The summed E-state index contributed by atoms with van der Waals surface area (Å²) in [5.74, 6) is -0.811. The van der Waals surface area contributed by atoms with Crippen molar-refractivity contribution in [1.29, 1.82) is 0 Å². The molecular weight excluding hydrogens is 208 g/mol. The zero-order valence-corrected chi connectivity index (χ0v) is 9.12. The Kier molecular flexibility index (Phi) is 2.77. The molecule has 0 aliphatic heterocycles. The third-order valence-corrected chi connectivity index (χ3v) is 3.04. The van der Waals surface area contributed by atoms with E-state index in [1.807, 2.05) is 6.92 Å². The molecule has 5 heteroatoms. The number of aromatic nitrogens is 2. The molecule has 1 unspecified atom stereocenters. The van der Waals surface area contributed by atoms with Gasteiger partial charge in [-0.1, -0.05) is 0 Å². The highest BCUT2D eigenvalue weighted by atomic mass is 16.4. The fraction of sp³-hybridized carbons (Fsp3) is 0.545. The van der Waals surface area contributed by atoms with Gasteiger partial charge >= 0.3 is 11.7 Å². The van der Waals surface area contributed by atoms with Crippen molar-refractivity contribution in [3.05, 3.63) is 27.4 Å². The maximum Gasteiger partial charge on any atom is 0.345 e. The minimum atomic E-state index is -0.802. The molecule has 16 heavy (non-hydrogen) atoms. The third kappa shape index (κ3) is 1.98. The number of carboxylic acids is 1. The van der Waals surface area contributed by atoms with Crippen LogP contribution in [0.25, 0.3) is 0 Å². The van der Waals surface area contributed by atoms with Crippen LogP contribution in [-0.4, -0.2) is 21.0 Å². The summed E-state index contributed by atoms with van der Waals surface area (Å²) in [6, 6.07) is 0. The Morgan fingerprint density at radius 2 is 2.38 bits per heavy atom. The number of rotatable bonds is 2. The number of nitrogens with zero attached hydrogens (tertiary/aromatic N) is 1. The molecule has 0 amide bonds. The number of nitrogens with one attached hydrogen (secondary N) is 1. The van der Waals surface area contributed by atoms with Gasteiger partial charge in [0.1, 0.15) is 0 Å². The number of carboxylic acid groups (broad SMARTS) is 1. The first-order valence-electron chi connectivity index (χ1n) is 5.39. The summed E-state index contributed by atoms with van der Waals surface area (Å²) in [5, 5.41) is 8.84. The van der Waals surface area contributed by atoms with E-state index < -0.39 is 5.97 Å². The lowest BCUT2D eigenvalue weighted by Crippen LogP contribution is -2.23. The van der Waals surface area contributed by atoms with Crippen molar-refractivity contribution < 1.29 is 9.90 Å². The fourth-order valence-electron chi connectivity index (χ4n) is 2.46. The number of hydrogen-bond acceptors (Lipinski definition) is 3. The van der Waals surface area contributed by atoms with Gasteiger partial charge in [0.15, 0.2) is 0 Å². The summed E-state index contributed by atoms with van der Waals surface area (Å²) in [7, 11) is 0. The van der Waals surface area contributed by atoms with Gasteiger partial charge in [-0.05, 0) is 37.7 Å². The third-order valence-electron chi connectivity index (χ3n) is 3.04. The molecule has 0 bridgehead atoms. The predicted molar refractivity (Wildman–Crippen MR) is 57.5 cm³/mol. The van der Waals surface area contributed by atoms with E-state index in [1.54, 1.807) is 0 Å². The van der Waals surface area contributed by atoms with E-state index in [0.29, 0.717) is 0 Å². The summed E-state index contributed by atoms with van der Waals surface area (Å²) >= 11 is 0. The van der Waals surface area contributed by atoms with E-state index in [2.05, 4.69) is 9.97 Å². The Bertz CT molecular complexity index is 479. The van der Waals surface area contributed by atoms with Gasteiger partial charge in [0.05, 0.1) is 12.1 Å². The number of aryl methyl sites for hydroxylation is 2. The molecular formula is C11H14N2O3. The highest BCUT2D eigenvalue weighted by Crippen LogP contribution is 2.33. The van der Waals surface area contributed by atoms with Gasteiger partial charge in [-0.2, -0.15) is 4.98 Å². The van der Waals surface area contributed by atoms with Gasteiger partial charge in [0.25, 0.3) is 0 Å². The maximum atomic E-state index is 11.2. The lowest BCUT2D eigenvalue weighted by atomic mass is 9.83. The smallest absolute Gasteiger partial charge is 0.345 e. The predicted octanol–water partition coefficient (Wildman–Crippen LogP) is 0.973. The standard InChI is InChI=1S/C11H14N2O3/c1-6-10-7(5-9(14)15)3-2-4-8(10)13-11(16)12-6/h7H,2-5H2,1H3,(H,14,15)(H,12,13,16). The summed E-state index contributed by atoms with van der Waals surface area (Å²) < 4.78 is 0. The molecule has 1 aromatic rings. The van der Waals surface area contributed by atoms with Crippen LogP contribution in [0.3, 0.4) is 0 Å². The van der Waals surface area contributed by atoms with Crippen molar-refractivity contribution in [2.45, 2.75) is 38.5 Å². The summed E-state index contributed by atoms with van der Waals surface area (Å²) in [6.07, 6.45) is 2.65. The average molecular weight is 222 g/mol. The van der Waals surface area contributed by atoms with Crippen molar-refractivity contribution in [2.75, 3.05) is 0 Å². The quantitative estimate of drug-likeness (QED) is 0.781. The van der Waals surface area contributed by atoms with E-state index in [9.17, 15) is 9.59 Å². The van der Waals surface area contributed by atoms with Crippen molar-refractivity contribution in [3.8, 4) is 0 Å². The second kappa shape index (κ2) is 4.08. The Balaban J connectivity index is 2.45. The van der Waals surface area contributed by atoms with Gasteiger partial charge in [-0.3, -0.25) is 4.79 Å². The number of aromatic amines is 1. The SMILES string of the molecule is Cc1[nH]c(=O)nc2c1C(CC(=O)O)CCC2. The molecule has 86 valence electrons. The fourth-order valence-corrected chi connectivity index (χ4v) is 2.46. The largest absolute Gasteiger partial charge is 0.481 e. The Labute approximate surface area is 92.5 Å². The average Bonchev–Trinajstić information content (AvgIpc) is 2.15. The van der Waals surface area contributed by atoms with E-state index in [-0.39, 0.29) is 18.0 Å². The minimum Gasteiger partial charge on any atom is -0.481 e. The van der Waals surface area contributed by atoms with Crippen molar-refractivity contribution >= 4 is 5.97 Å². The van der Waals surface area contributed by atoms with E-state index >= 15 is 0 Å². The van der Waals surface area contributed by atoms with Crippen LogP contribution in [0, 0.1) is 6.92 Å². The maximum absolute atomic E-state index is 11.2. The first-order chi connectivity index (χ1) is 7.58. The van der Waals surface area contributed by atoms with Gasteiger partial charge in [-0.15, -0.1) is 0 Å². The monoisotopic (exact) mass is 222 g/mol. The molecule has 1 aliphatic carbocycles. The van der Waals surface area contributed by atoms with E-state index in [1.165, 1.54) is 0 Å². The van der Waals surface area contributed by atoms with Gasteiger partial charge in [0.2, 0.25) is 0 Å². The molecule has 0 saturated heterocycles. The zero-order chi connectivity index (χ0) is 11.7. The normalized spacial score (nSPS) is 19.2. The topological polar surface area (TPSA) is 83.0 Å². The van der Waals surface area contributed by atoms with Crippen LogP contribution >= 0.6 is 0 Å². The molecule has 5 nitrogen and oxygen atoms in total. The second-order valence-electron chi connectivity index (χ2n) is 4.21. The van der Waals surface area contributed by atoms with Crippen LogP contribution in [0.4, 0.5) is 0 Å². The van der Waals surface area contributed by atoms with Gasteiger partial charge in [-0.25, -0.2) is 4.79 Å². The molecule has 0 spiro atoms. The Morgan fingerprint density at radius 1 is 1.62 bits per heavy atom. The summed E-state index contributed by atoms with van der Waals surface area (Å²) in [6.45, 7) is 1.81. The first-order valence-corrected chi connectivity index (χ1v) is 5.39. The number of aliphatic carboxylic acids is 1. The molecule has 0 fully saturated rings. The minimum absolute atomic E-state index is 0.00870. The van der Waals surface area contributed by atoms with E-state index in [4.69, 9.17) is 5.11 Å². The van der Waals surface area contributed by atoms with Gasteiger partial charge < -0.3 is 10.1 Å². The second-order valence-corrected chi connectivity index (χ2v) is 4.21. The van der Waals surface area contributed by atoms with Crippen LogP contribution in [-0.2, 0) is 11.2 Å². The van der Waals surface area contributed by atoms with Crippen molar-refractivity contribution in [3.63, 3.8) is 0 Å². The first kappa shape index (κ1) is 10.9. The lowest BCUT2D eigenvalue weighted by Gasteiger charge is -2.24. The number of carbonyl (C=O) groups is 1. The zero-order valence-electron chi connectivity index (χ0n) is 9.12. The molecule has 2 N–H and O–H groups in total. The van der Waals surface area contributed by atoms with Crippen molar-refractivity contribution in [1.82, 2.24) is 9.97 Å². The van der Waals surface area contributed by atoms with Crippen LogP contribution < -0.4 is 5.69 Å². The molecule has 1 heterocycles. The summed E-state index contributed by atoms with van der Waals surface area (Å²) in [4.78, 5) is 28.5. The Morgan fingerprint density at radius 3 is 3.06 bits per heavy atom. The van der Waals surface area contributed by atoms with E-state index in [0.717, 1.165) is 36.2 Å². The highest BCUT2D eigenvalue weighted by molar-refractivity contribution is 5.68. The molecule has 1 atom stereocenters. The summed E-state index contributed by atoms with van der Waals surface area (Å²) in [5.41, 5.74) is 2.14. The van der Waals surface area contributed by atoms with Gasteiger partial charge in [0, 0.05) is 5.69 Å². The van der Waals surface area contributed by atoms with Crippen LogP contribution in [0.2, 0.25) is 0 Å². The number of hydrogen-bond donors (Lipinski definition) is 2. The molecule has 2 rings (SSSR count). The molecule has 0 radical (unpaired) electrons. The van der Waals surface area contributed by atoms with Crippen LogP contribution in [0.5, 0.6) is 0 Å². The van der Waals surface area contributed by atoms with Crippen molar-refractivity contribution in [2.24, 2.45) is 0 Å². The van der Waals surface area contributed by atoms with Crippen LogP contribution in [0.15, 0.2) is 4.79 Å². The molecule has 0 saturated carbocycles. The highest BCUT2D eigenvalue weighted by Gasteiger charge is 2.25. The number of H-pyrrole nitrogens is 1. The van der Waals surface area contributed by atoms with Crippen LogP contribution in [0.1, 0.15) is 42.1 Å². The molecule has 0 aromatic carbocycles. The number of fused-ring (bicyclic) bond motifs is 1. The molecule has 1 aliphatic rings. The lowest BCUT2D eigenvalue weighted by molar-refractivity contribution is -0.137. The Hall–Kier alpha value is -1.65.